The summed E-state index contributed by atoms with van der Waals surface area (Å²) >= 11 is 0. The second-order valence-corrected chi connectivity index (χ2v) is 5.56. The van der Waals surface area contributed by atoms with Gasteiger partial charge in [-0.25, -0.2) is 8.78 Å². The van der Waals surface area contributed by atoms with Crippen molar-refractivity contribution in [3.63, 3.8) is 0 Å². The number of hydrogen-bond acceptors (Lipinski definition) is 3. The second-order valence-electron chi connectivity index (χ2n) is 5.56. The Morgan fingerprint density at radius 3 is 2.48 bits per heavy atom. The fourth-order valence-corrected chi connectivity index (χ4v) is 3.02. The van der Waals surface area contributed by atoms with Crippen molar-refractivity contribution in [2.75, 3.05) is 18.5 Å². The number of benzene rings is 2. The number of anilines is 1. The Balaban J connectivity index is 1.83. The molecule has 0 aromatic heterocycles. The van der Waals surface area contributed by atoms with Gasteiger partial charge in [-0.3, -0.25) is 4.79 Å². The quantitative estimate of drug-likeness (QED) is 0.878. The molecule has 0 saturated heterocycles. The van der Waals surface area contributed by atoms with Crippen LogP contribution in [0.4, 0.5) is 14.5 Å². The highest BCUT2D eigenvalue weighted by atomic mass is 19.2. The molecule has 118 valence electrons. The first kappa shape index (κ1) is 14.0. The fraction of sp³-hybridized carbons (Fsp3) is 0.235. The number of carbonyl (C=O) groups excluding carboxylic acids is 1. The monoisotopic (exact) mass is 317 g/mol. The maximum absolute atomic E-state index is 13.6. The number of hydrogen-bond donors (Lipinski definition) is 1. The van der Waals surface area contributed by atoms with Crippen LogP contribution < -0.4 is 14.8 Å². The lowest BCUT2D eigenvalue weighted by Gasteiger charge is -2.29. The van der Waals surface area contributed by atoms with Crippen molar-refractivity contribution in [1.82, 2.24) is 0 Å². The zero-order chi connectivity index (χ0) is 16.0. The summed E-state index contributed by atoms with van der Waals surface area (Å²) in [7, 11) is 0. The van der Waals surface area contributed by atoms with E-state index in [4.69, 9.17) is 9.47 Å². The van der Waals surface area contributed by atoms with Gasteiger partial charge in [0.25, 0.3) is 0 Å². The van der Waals surface area contributed by atoms with Gasteiger partial charge in [0.05, 0.1) is 0 Å². The summed E-state index contributed by atoms with van der Waals surface area (Å²) in [6.45, 7) is 0.903. The van der Waals surface area contributed by atoms with Gasteiger partial charge in [-0.15, -0.1) is 0 Å². The van der Waals surface area contributed by atoms with Crippen LogP contribution >= 0.6 is 0 Å². The van der Waals surface area contributed by atoms with E-state index in [2.05, 4.69) is 5.32 Å². The molecule has 2 aliphatic rings. The van der Waals surface area contributed by atoms with E-state index in [9.17, 15) is 13.6 Å². The highest BCUT2D eigenvalue weighted by Gasteiger charge is 2.29. The molecule has 1 atom stereocenters. The van der Waals surface area contributed by atoms with Gasteiger partial charge in [-0.2, -0.15) is 0 Å². The lowest BCUT2D eigenvalue weighted by atomic mass is 9.84. The molecule has 2 aromatic rings. The summed E-state index contributed by atoms with van der Waals surface area (Å²) < 4.78 is 37.8. The smallest absolute Gasteiger partial charge is 0.225 e. The van der Waals surface area contributed by atoms with E-state index in [1.165, 1.54) is 6.07 Å². The predicted octanol–water partition coefficient (Wildman–Crippen LogP) is 3.21. The number of fused-ring (bicyclic) bond motifs is 2. The van der Waals surface area contributed by atoms with Crippen LogP contribution in [0.2, 0.25) is 0 Å². The molecule has 23 heavy (non-hydrogen) atoms. The minimum Gasteiger partial charge on any atom is -0.486 e. The summed E-state index contributed by atoms with van der Waals surface area (Å²) in [5, 5.41) is 2.79. The molecule has 1 N–H and O–H groups in total. The minimum absolute atomic E-state index is 0.164. The highest BCUT2D eigenvalue weighted by molar-refractivity contribution is 5.96. The Morgan fingerprint density at radius 1 is 1.00 bits per heavy atom. The summed E-state index contributed by atoms with van der Waals surface area (Å²) in [5.74, 6) is -1.20. The molecule has 1 amide bonds. The molecular weight excluding hydrogens is 304 g/mol. The van der Waals surface area contributed by atoms with Crippen LogP contribution in [-0.2, 0) is 4.79 Å². The molecule has 2 aromatic carbocycles. The predicted molar refractivity (Wildman–Crippen MR) is 78.9 cm³/mol. The van der Waals surface area contributed by atoms with Gasteiger partial charge in [-0.1, -0.05) is 6.07 Å². The molecule has 4 rings (SSSR count). The van der Waals surface area contributed by atoms with Crippen molar-refractivity contribution in [1.29, 1.82) is 0 Å². The molecule has 0 bridgehead atoms. The Kier molecular flexibility index (Phi) is 3.18. The van der Waals surface area contributed by atoms with Crippen LogP contribution in [0.15, 0.2) is 30.3 Å². The van der Waals surface area contributed by atoms with E-state index in [-0.39, 0.29) is 18.2 Å². The SMILES string of the molecule is O=C1C[C@@H](c2ccc(F)c(F)c2)c2cc3c(cc2N1)OCCO3. The molecule has 6 heteroatoms. The molecule has 2 heterocycles. The number of rotatable bonds is 1. The van der Waals surface area contributed by atoms with Gasteiger partial charge in [0.15, 0.2) is 23.1 Å². The third-order valence-corrected chi connectivity index (χ3v) is 4.10. The highest BCUT2D eigenvalue weighted by Crippen LogP contribution is 2.44. The van der Waals surface area contributed by atoms with Gasteiger partial charge in [0.1, 0.15) is 13.2 Å². The van der Waals surface area contributed by atoms with Crippen LogP contribution in [0, 0.1) is 11.6 Å². The van der Waals surface area contributed by atoms with Crippen molar-refractivity contribution in [2.24, 2.45) is 0 Å². The van der Waals surface area contributed by atoms with Crippen molar-refractivity contribution in [3.8, 4) is 11.5 Å². The largest absolute Gasteiger partial charge is 0.486 e. The molecule has 0 aliphatic carbocycles. The Hall–Kier alpha value is -2.63. The summed E-state index contributed by atoms with van der Waals surface area (Å²) in [6.07, 6.45) is 0.164. The Bertz CT molecular complexity index is 807. The van der Waals surface area contributed by atoms with Crippen molar-refractivity contribution < 1.29 is 23.0 Å². The molecule has 0 saturated carbocycles. The second kappa shape index (κ2) is 5.22. The van der Waals surface area contributed by atoms with E-state index in [0.717, 1.165) is 17.7 Å². The van der Waals surface area contributed by atoms with E-state index in [0.29, 0.717) is 36.0 Å². The standard InChI is InChI=1S/C17H13F2NO3/c18-12-2-1-9(5-13(12)19)10-7-17(21)20-14-8-16-15(6-11(10)14)22-3-4-23-16/h1-2,5-6,8,10H,3-4,7H2,(H,20,21)/t10-/m0/s1. The van der Waals surface area contributed by atoms with Gasteiger partial charge in [0.2, 0.25) is 5.91 Å². The van der Waals surface area contributed by atoms with Crippen LogP contribution in [0.5, 0.6) is 11.5 Å². The first-order chi connectivity index (χ1) is 11.1. The number of amides is 1. The maximum atomic E-state index is 13.6. The molecule has 2 aliphatic heterocycles. The topological polar surface area (TPSA) is 47.6 Å². The molecular formula is C17H13F2NO3. The average molecular weight is 317 g/mol. The summed E-state index contributed by atoms with van der Waals surface area (Å²) in [4.78, 5) is 12.0. The molecule has 0 fully saturated rings. The molecule has 4 nitrogen and oxygen atoms in total. The average Bonchev–Trinajstić information content (AvgIpc) is 2.55. The van der Waals surface area contributed by atoms with Crippen LogP contribution in [0.25, 0.3) is 0 Å². The van der Waals surface area contributed by atoms with E-state index < -0.39 is 11.6 Å². The van der Waals surface area contributed by atoms with Gasteiger partial charge in [0, 0.05) is 24.1 Å². The molecule has 0 radical (unpaired) electrons. The number of halogens is 2. The van der Waals surface area contributed by atoms with Gasteiger partial charge < -0.3 is 14.8 Å². The van der Waals surface area contributed by atoms with Crippen molar-refractivity contribution >= 4 is 11.6 Å². The van der Waals surface area contributed by atoms with E-state index in [1.54, 1.807) is 12.1 Å². The third-order valence-electron chi connectivity index (χ3n) is 4.10. The lowest BCUT2D eigenvalue weighted by Crippen LogP contribution is -2.25. The maximum Gasteiger partial charge on any atom is 0.225 e. The van der Waals surface area contributed by atoms with Crippen LogP contribution in [0.3, 0.4) is 0 Å². The third kappa shape index (κ3) is 2.40. The summed E-state index contributed by atoms with van der Waals surface area (Å²) in [5.41, 5.74) is 1.97. The van der Waals surface area contributed by atoms with Crippen LogP contribution in [0.1, 0.15) is 23.5 Å². The number of carbonyl (C=O) groups is 1. The molecule has 0 unspecified atom stereocenters. The first-order valence-electron chi connectivity index (χ1n) is 7.30. The molecule has 0 spiro atoms. The number of ether oxygens (including phenoxy) is 2. The van der Waals surface area contributed by atoms with Gasteiger partial charge in [-0.05, 0) is 29.3 Å². The Morgan fingerprint density at radius 2 is 1.74 bits per heavy atom. The van der Waals surface area contributed by atoms with Crippen LogP contribution in [-0.4, -0.2) is 19.1 Å². The fourth-order valence-electron chi connectivity index (χ4n) is 3.02. The lowest BCUT2D eigenvalue weighted by molar-refractivity contribution is -0.116. The van der Waals surface area contributed by atoms with Crippen molar-refractivity contribution in [2.45, 2.75) is 12.3 Å². The van der Waals surface area contributed by atoms with Crippen molar-refractivity contribution in [3.05, 3.63) is 53.1 Å². The van der Waals surface area contributed by atoms with E-state index in [1.807, 2.05) is 0 Å². The Labute approximate surface area is 131 Å². The zero-order valence-electron chi connectivity index (χ0n) is 12.1. The normalized spacial score (nSPS) is 19.0. The zero-order valence-corrected chi connectivity index (χ0v) is 12.1. The number of nitrogens with one attached hydrogen (secondary N) is 1. The first-order valence-corrected chi connectivity index (χ1v) is 7.30. The summed E-state index contributed by atoms with van der Waals surface area (Å²) in [6, 6.07) is 7.24. The van der Waals surface area contributed by atoms with Gasteiger partial charge >= 0.3 is 0 Å². The van der Waals surface area contributed by atoms with E-state index >= 15 is 0 Å². The minimum atomic E-state index is -0.924.